The first-order chi connectivity index (χ1) is 9.45. The van der Waals surface area contributed by atoms with Gasteiger partial charge in [-0.05, 0) is 43.4 Å². The molecule has 0 radical (unpaired) electrons. The van der Waals surface area contributed by atoms with Crippen LogP contribution >= 0.6 is 0 Å². The van der Waals surface area contributed by atoms with Gasteiger partial charge in [-0.1, -0.05) is 27.2 Å². The smallest absolute Gasteiger partial charge is 0.238 e. The van der Waals surface area contributed by atoms with E-state index >= 15 is 0 Å². The van der Waals surface area contributed by atoms with E-state index in [4.69, 9.17) is 10.5 Å². The maximum Gasteiger partial charge on any atom is 0.238 e. The van der Waals surface area contributed by atoms with Gasteiger partial charge in [0, 0.05) is 13.2 Å². The Morgan fingerprint density at radius 2 is 2.15 bits per heavy atom. The zero-order chi connectivity index (χ0) is 14.8. The maximum absolute atomic E-state index is 12.3. The lowest BCUT2D eigenvalue weighted by molar-refractivity contribution is -0.130. The first-order valence-electron chi connectivity index (χ1n) is 8.12. The topological polar surface area (TPSA) is 64.3 Å². The highest BCUT2D eigenvalue weighted by atomic mass is 16.5. The summed E-state index contributed by atoms with van der Waals surface area (Å²) in [5.41, 5.74) is 5.29. The Bertz CT molecular complexity index is 339. The summed E-state index contributed by atoms with van der Waals surface area (Å²) < 4.78 is 5.68. The summed E-state index contributed by atoms with van der Waals surface area (Å²) in [6, 6.07) is 0. The molecular formula is C16H30N2O2. The van der Waals surface area contributed by atoms with E-state index in [-0.39, 0.29) is 12.0 Å². The van der Waals surface area contributed by atoms with Gasteiger partial charge in [0.25, 0.3) is 0 Å². The van der Waals surface area contributed by atoms with E-state index < -0.39 is 5.54 Å². The van der Waals surface area contributed by atoms with E-state index in [2.05, 4.69) is 26.1 Å². The zero-order valence-electron chi connectivity index (χ0n) is 13.2. The van der Waals surface area contributed by atoms with Gasteiger partial charge in [-0.25, -0.2) is 0 Å². The number of hydrogen-bond donors (Lipinski definition) is 2. The van der Waals surface area contributed by atoms with E-state index in [1.54, 1.807) is 0 Å². The SMILES string of the molecule is CC1CCC(C(C)C)C(NCC2CCCO2)(C(N)=O)C1. The third-order valence-electron chi connectivity index (χ3n) is 5.19. The highest BCUT2D eigenvalue weighted by Crippen LogP contribution is 2.41. The number of primary amides is 1. The molecule has 20 heavy (non-hydrogen) atoms. The molecule has 2 fully saturated rings. The standard InChI is InChI=1S/C16H30N2O2/c1-11(2)14-7-6-12(3)9-16(14,15(17)19)18-10-13-5-4-8-20-13/h11-14,18H,4-10H2,1-3H3,(H2,17,19). The van der Waals surface area contributed by atoms with Crippen LogP contribution in [0.3, 0.4) is 0 Å². The van der Waals surface area contributed by atoms with Gasteiger partial charge >= 0.3 is 0 Å². The van der Waals surface area contributed by atoms with Gasteiger partial charge < -0.3 is 15.8 Å². The monoisotopic (exact) mass is 282 g/mol. The summed E-state index contributed by atoms with van der Waals surface area (Å²) >= 11 is 0. The largest absolute Gasteiger partial charge is 0.377 e. The molecule has 1 aliphatic heterocycles. The molecular weight excluding hydrogens is 252 g/mol. The fraction of sp³-hybridized carbons (Fsp3) is 0.938. The van der Waals surface area contributed by atoms with Gasteiger partial charge in [0.1, 0.15) is 5.54 Å². The van der Waals surface area contributed by atoms with Crippen molar-refractivity contribution in [2.75, 3.05) is 13.2 Å². The molecule has 1 saturated carbocycles. The molecule has 0 bridgehead atoms. The van der Waals surface area contributed by atoms with Crippen LogP contribution in [0.5, 0.6) is 0 Å². The molecule has 1 heterocycles. The molecule has 2 rings (SSSR count). The Morgan fingerprint density at radius 3 is 2.70 bits per heavy atom. The molecule has 0 aromatic rings. The summed E-state index contributed by atoms with van der Waals surface area (Å²) in [4.78, 5) is 12.3. The lowest BCUT2D eigenvalue weighted by atomic mass is 9.64. The van der Waals surface area contributed by atoms with Crippen molar-refractivity contribution in [3.8, 4) is 0 Å². The number of carbonyl (C=O) groups excluding carboxylic acids is 1. The number of amides is 1. The summed E-state index contributed by atoms with van der Waals surface area (Å²) in [6.07, 6.45) is 5.60. The van der Waals surface area contributed by atoms with Crippen LogP contribution in [0.2, 0.25) is 0 Å². The van der Waals surface area contributed by atoms with Crippen LogP contribution in [-0.4, -0.2) is 30.7 Å². The molecule has 1 aliphatic carbocycles. The molecule has 4 unspecified atom stereocenters. The van der Waals surface area contributed by atoms with Crippen molar-refractivity contribution in [3.05, 3.63) is 0 Å². The first kappa shape index (κ1) is 15.8. The predicted molar refractivity (Wildman–Crippen MR) is 80.2 cm³/mol. The van der Waals surface area contributed by atoms with Crippen molar-refractivity contribution in [1.29, 1.82) is 0 Å². The summed E-state index contributed by atoms with van der Waals surface area (Å²) in [6.45, 7) is 8.22. The average Bonchev–Trinajstić information content (AvgIpc) is 2.88. The molecule has 2 aliphatic rings. The zero-order valence-corrected chi connectivity index (χ0v) is 13.2. The highest BCUT2D eigenvalue weighted by molar-refractivity contribution is 5.85. The number of hydrogen-bond acceptors (Lipinski definition) is 3. The van der Waals surface area contributed by atoms with Crippen LogP contribution < -0.4 is 11.1 Å². The van der Waals surface area contributed by atoms with Crippen molar-refractivity contribution in [1.82, 2.24) is 5.32 Å². The molecule has 1 amide bonds. The Kier molecular flexibility index (Phi) is 5.08. The van der Waals surface area contributed by atoms with E-state index in [1.807, 2.05) is 0 Å². The molecule has 0 aromatic carbocycles. The van der Waals surface area contributed by atoms with E-state index in [0.717, 1.165) is 38.8 Å². The van der Waals surface area contributed by atoms with Crippen molar-refractivity contribution in [2.24, 2.45) is 23.5 Å². The summed E-state index contributed by atoms with van der Waals surface area (Å²) in [7, 11) is 0. The van der Waals surface area contributed by atoms with Crippen LogP contribution in [0, 0.1) is 17.8 Å². The van der Waals surface area contributed by atoms with Crippen molar-refractivity contribution < 1.29 is 9.53 Å². The Morgan fingerprint density at radius 1 is 1.40 bits per heavy atom. The van der Waals surface area contributed by atoms with Gasteiger partial charge in [-0.3, -0.25) is 4.79 Å². The van der Waals surface area contributed by atoms with Crippen LogP contribution in [0.1, 0.15) is 52.9 Å². The van der Waals surface area contributed by atoms with Crippen LogP contribution in [0.25, 0.3) is 0 Å². The molecule has 0 spiro atoms. The first-order valence-corrected chi connectivity index (χ1v) is 8.12. The Balaban J connectivity index is 2.12. The number of rotatable bonds is 5. The van der Waals surface area contributed by atoms with Gasteiger partial charge in [-0.2, -0.15) is 0 Å². The van der Waals surface area contributed by atoms with Gasteiger partial charge in [0.2, 0.25) is 5.91 Å². The van der Waals surface area contributed by atoms with Crippen molar-refractivity contribution >= 4 is 5.91 Å². The predicted octanol–water partition coefficient (Wildman–Crippen LogP) is 2.07. The minimum atomic E-state index is -0.544. The normalized spacial score (nSPS) is 38.3. The molecule has 116 valence electrons. The molecule has 1 saturated heterocycles. The van der Waals surface area contributed by atoms with E-state index in [0.29, 0.717) is 17.8 Å². The fourth-order valence-corrected chi connectivity index (χ4v) is 4.09. The highest BCUT2D eigenvalue weighted by Gasteiger charge is 2.48. The second-order valence-electron chi connectivity index (χ2n) is 7.09. The average molecular weight is 282 g/mol. The number of nitrogens with one attached hydrogen (secondary N) is 1. The van der Waals surface area contributed by atoms with Crippen molar-refractivity contribution in [3.63, 3.8) is 0 Å². The van der Waals surface area contributed by atoms with Gasteiger partial charge in [0.05, 0.1) is 6.10 Å². The fourth-order valence-electron chi connectivity index (χ4n) is 4.09. The lowest BCUT2D eigenvalue weighted by Gasteiger charge is -2.47. The third-order valence-corrected chi connectivity index (χ3v) is 5.19. The van der Waals surface area contributed by atoms with Crippen molar-refractivity contribution in [2.45, 2.75) is 64.5 Å². The van der Waals surface area contributed by atoms with Gasteiger partial charge in [0.15, 0.2) is 0 Å². The van der Waals surface area contributed by atoms with Crippen LogP contribution in [-0.2, 0) is 9.53 Å². The van der Waals surface area contributed by atoms with Crippen LogP contribution in [0.4, 0.5) is 0 Å². The number of carbonyl (C=O) groups is 1. The number of ether oxygens (including phenoxy) is 1. The van der Waals surface area contributed by atoms with E-state index in [1.165, 1.54) is 6.42 Å². The minimum absolute atomic E-state index is 0.180. The summed E-state index contributed by atoms with van der Waals surface area (Å²) in [5.74, 6) is 1.17. The second kappa shape index (κ2) is 6.44. The van der Waals surface area contributed by atoms with Gasteiger partial charge in [-0.15, -0.1) is 0 Å². The lowest BCUT2D eigenvalue weighted by Crippen LogP contribution is -2.64. The quantitative estimate of drug-likeness (QED) is 0.811. The third kappa shape index (κ3) is 3.17. The molecule has 4 heteroatoms. The van der Waals surface area contributed by atoms with Crippen LogP contribution in [0.15, 0.2) is 0 Å². The molecule has 0 aromatic heterocycles. The Labute approximate surface area is 122 Å². The molecule has 4 atom stereocenters. The Hall–Kier alpha value is -0.610. The summed E-state index contributed by atoms with van der Waals surface area (Å²) in [5, 5.41) is 3.54. The number of nitrogens with two attached hydrogens (primary N) is 1. The van der Waals surface area contributed by atoms with E-state index in [9.17, 15) is 4.79 Å². The minimum Gasteiger partial charge on any atom is -0.377 e. The maximum atomic E-state index is 12.3. The second-order valence-corrected chi connectivity index (χ2v) is 7.09. The molecule has 3 N–H and O–H groups in total. The molecule has 4 nitrogen and oxygen atoms in total.